The molecule has 0 fully saturated rings. The van der Waals surface area contributed by atoms with Crippen LogP contribution in [-0.4, -0.2) is 47.7 Å². The maximum Gasteiger partial charge on any atom is 0.534 e. The van der Waals surface area contributed by atoms with E-state index in [-0.39, 0.29) is 24.0 Å². The Kier molecular flexibility index (Phi) is 9.12. The summed E-state index contributed by atoms with van der Waals surface area (Å²) in [5.41, 5.74) is -4.76. The molecule has 2 rings (SSSR count). The topological polar surface area (TPSA) is 90.9 Å². The fourth-order valence-electron chi connectivity index (χ4n) is 3.31. The van der Waals surface area contributed by atoms with E-state index in [4.69, 9.17) is 21.1 Å². The molecule has 2 aromatic rings. The summed E-state index contributed by atoms with van der Waals surface area (Å²) < 4.78 is 78.0. The number of alkyl halides is 3. The van der Waals surface area contributed by atoms with Crippen LogP contribution in [0.4, 0.5) is 18.9 Å². The van der Waals surface area contributed by atoms with Gasteiger partial charge >= 0.3 is 21.6 Å². The summed E-state index contributed by atoms with van der Waals surface area (Å²) in [5, 5.41) is 3.76. The van der Waals surface area contributed by atoms with Crippen molar-refractivity contribution in [3.8, 4) is 11.5 Å². The van der Waals surface area contributed by atoms with Crippen LogP contribution in [0.1, 0.15) is 12.5 Å². The van der Waals surface area contributed by atoms with Gasteiger partial charge in [0.2, 0.25) is 0 Å². The molecule has 1 N–H and O–H groups in total. The highest BCUT2D eigenvalue weighted by Crippen LogP contribution is 2.31. The second-order valence-corrected chi connectivity index (χ2v) is 15.5. The van der Waals surface area contributed by atoms with Crippen LogP contribution in [-0.2, 0) is 26.1 Å². The lowest BCUT2D eigenvalue weighted by atomic mass is 10.0. The van der Waals surface area contributed by atoms with Crippen molar-refractivity contribution in [2.75, 3.05) is 19.0 Å². The van der Waals surface area contributed by atoms with Crippen LogP contribution >= 0.6 is 11.6 Å². The van der Waals surface area contributed by atoms with E-state index in [0.29, 0.717) is 16.3 Å². The van der Waals surface area contributed by atoms with Crippen molar-refractivity contribution in [2.24, 2.45) is 0 Å². The van der Waals surface area contributed by atoms with Gasteiger partial charge in [-0.05, 0) is 48.9 Å². The molecule has 0 aliphatic rings. The Bertz CT molecular complexity index is 1150. The van der Waals surface area contributed by atoms with E-state index in [1.807, 2.05) is 0 Å². The van der Waals surface area contributed by atoms with Crippen molar-refractivity contribution in [3.63, 3.8) is 0 Å². The SMILES string of the molecule is CCOC(=O)C(Cc1cc(OC)c([Si](C)(C)C)c(OS(=O)(=O)C(F)(F)F)c1)Nc1ccc(Cl)cc1. The number of carbonyl (C=O) groups is 1. The predicted octanol–water partition coefficient (Wildman–Crippen LogP) is 4.71. The van der Waals surface area contributed by atoms with E-state index >= 15 is 0 Å². The number of benzene rings is 2. The van der Waals surface area contributed by atoms with E-state index in [2.05, 4.69) is 9.50 Å². The lowest BCUT2D eigenvalue weighted by Crippen LogP contribution is -2.41. The molecule has 0 saturated heterocycles. The number of ether oxygens (including phenoxy) is 2. The standard InChI is InChI=1S/C22H27ClF3NO6SSi/c1-6-32-21(28)17(27-16-9-7-15(23)8-10-16)11-14-12-18(31-2)20(35(3,4)5)19(13-14)33-34(29,30)22(24,25)26/h7-10,12-13,17,27H,6,11H2,1-5H3. The highest BCUT2D eigenvalue weighted by Gasteiger charge is 2.49. The number of hydrogen-bond donors (Lipinski definition) is 1. The van der Waals surface area contributed by atoms with E-state index in [1.165, 1.54) is 13.2 Å². The van der Waals surface area contributed by atoms with E-state index < -0.39 is 41.5 Å². The average molecular weight is 554 g/mol. The summed E-state index contributed by atoms with van der Waals surface area (Å²) in [6.07, 6.45) is -0.0633. The zero-order valence-corrected chi connectivity index (χ0v) is 22.4. The van der Waals surface area contributed by atoms with Gasteiger partial charge in [-0.25, -0.2) is 4.79 Å². The number of nitrogens with one attached hydrogen (secondary N) is 1. The molecule has 13 heteroatoms. The quantitative estimate of drug-likeness (QED) is 0.197. The number of carbonyl (C=O) groups excluding carboxylic acids is 1. The molecule has 0 aliphatic carbocycles. The summed E-state index contributed by atoms with van der Waals surface area (Å²) in [7, 11) is -7.08. The third-order valence-corrected chi connectivity index (χ3v) is 7.99. The molecule has 194 valence electrons. The molecular weight excluding hydrogens is 527 g/mol. The summed E-state index contributed by atoms with van der Waals surface area (Å²) in [5.74, 6) is -0.922. The van der Waals surface area contributed by atoms with Gasteiger partial charge in [-0.3, -0.25) is 0 Å². The van der Waals surface area contributed by atoms with Crippen molar-refractivity contribution >= 4 is 46.6 Å². The molecule has 1 atom stereocenters. The molecular formula is C22H27ClF3NO6SSi. The summed E-state index contributed by atoms with van der Waals surface area (Å²) in [4.78, 5) is 12.6. The van der Waals surface area contributed by atoms with Crippen LogP contribution in [0.15, 0.2) is 36.4 Å². The van der Waals surface area contributed by atoms with Gasteiger partial charge in [0, 0.05) is 22.3 Å². The Morgan fingerprint density at radius 1 is 1.11 bits per heavy atom. The van der Waals surface area contributed by atoms with Crippen molar-refractivity contribution in [1.29, 1.82) is 0 Å². The molecule has 0 heterocycles. The fourth-order valence-corrected chi connectivity index (χ4v) is 5.75. The first kappa shape index (κ1) is 28.8. The lowest BCUT2D eigenvalue weighted by Gasteiger charge is -2.25. The van der Waals surface area contributed by atoms with Crippen molar-refractivity contribution in [1.82, 2.24) is 0 Å². The minimum atomic E-state index is -5.93. The molecule has 1 unspecified atom stereocenters. The summed E-state index contributed by atoms with van der Waals surface area (Å²) >= 11 is 5.90. The largest absolute Gasteiger partial charge is 0.534 e. The van der Waals surface area contributed by atoms with Crippen LogP contribution in [0, 0.1) is 0 Å². The molecule has 0 aliphatic heterocycles. The predicted molar refractivity (Wildman–Crippen MR) is 131 cm³/mol. The van der Waals surface area contributed by atoms with Crippen molar-refractivity contribution < 1.29 is 40.0 Å². The maximum atomic E-state index is 13.1. The highest BCUT2D eigenvalue weighted by atomic mass is 35.5. The number of hydrogen-bond acceptors (Lipinski definition) is 7. The van der Waals surface area contributed by atoms with Crippen LogP contribution < -0.4 is 19.4 Å². The Balaban J connectivity index is 2.57. The molecule has 7 nitrogen and oxygen atoms in total. The monoisotopic (exact) mass is 553 g/mol. The van der Waals surface area contributed by atoms with Gasteiger partial charge < -0.3 is 19.0 Å². The third kappa shape index (κ3) is 7.52. The third-order valence-electron chi connectivity index (χ3n) is 4.77. The van der Waals surface area contributed by atoms with Crippen molar-refractivity contribution in [2.45, 2.75) is 44.5 Å². The Hall–Kier alpha value is -2.44. The van der Waals surface area contributed by atoms with Crippen LogP contribution in [0.2, 0.25) is 24.7 Å². The maximum absolute atomic E-state index is 13.1. The molecule has 2 aromatic carbocycles. The molecule has 0 saturated carbocycles. The van der Waals surface area contributed by atoms with Gasteiger partial charge in [-0.1, -0.05) is 31.2 Å². The first-order valence-electron chi connectivity index (χ1n) is 10.5. The van der Waals surface area contributed by atoms with Crippen LogP contribution in [0.25, 0.3) is 0 Å². The Morgan fingerprint density at radius 2 is 1.69 bits per heavy atom. The van der Waals surface area contributed by atoms with Gasteiger partial charge in [-0.2, -0.15) is 21.6 Å². The van der Waals surface area contributed by atoms with Gasteiger partial charge in [0.15, 0.2) is 0 Å². The smallest absolute Gasteiger partial charge is 0.497 e. The minimum absolute atomic E-state index is 0.0633. The van der Waals surface area contributed by atoms with Gasteiger partial charge in [0.05, 0.1) is 21.8 Å². The number of halogens is 4. The van der Waals surface area contributed by atoms with Crippen LogP contribution in [0.5, 0.6) is 11.5 Å². The molecule has 0 aromatic heterocycles. The fraction of sp³-hybridized carbons (Fsp3) is 0.409. The molecule has 0 bridgehead atoms. The number of anilines is 1. The molecule has 0 amide bonds. The van der Waals surface area contributed by atoms with Gasteiger partial charge in [-0.15, -0.1) is 0 Å². The Morgan fingerprint density at radius 3 is 2.17 bits per heavy atom. The second-order valence-electron chi connectivity index (χ2n) is 8.56. The summed E-state index contributed by atoms with van der Waals surface area (Å²) in [6, 6.07) is 8.32. The Labute approximate surface area is 208 Å². The minimum Gasteiger partial charge on any atom is -0.497 e. The normalized spacial score (nSPS) is 13.2. The average Bonchev–Trinajstić information content (AvgIpc) is 2.72. The molecule has 0 spiro atoms. The highest BCUT2D eigenvalue weighted by molar-refractivity contribution is 7.88. The van der Waals surface area contributed by atoms with E-state index in [9.17, 15) is 26.4 Å². The molecule has 35 heavy (non-hydrogen) atoms. The first-order valence-corrected chi connectivity index (χ1v) is 15.8. The van der Waals surface area contributed by atoms with Crippen molar-refractivity contribution in [3.05, 3.63) is 47.0 Å². The number of methoxy groups -OCH3 is 1. The van der Waals surface area contributed by atoms with Crippen LogP contribution in [0.3, 0.4) is 0 Å². The van der Waals surface area contributed by atoms with Gasteiger partial charge in [0.25, 0.3) is 0 Å². The summed E-state index contributed by atoms with van der Waals surface area (Å²) in [6.45, 7) is 7.16. The number of esters is 1. The van der Waals surface area contributed by atoms with E-state index in [1.54, 1.807) is 56.9 Å². The number of rotatable bonds is 10. The zero-order chi connectivity index (χ0) is 26.6. The lowest BCUT2D eigenvalue weighted by molar-refractivity contribution is -0.144. The molecule has 0 radical (unpaired) electrons. The zero-order valence-electron chi connectivity index (χ0n) is 19.8. The second kappa shape index (κ2) is 11.1. The van der Waals surface area contributed by atoms with E-state index in [0.717, 1.165) is 0 Å². The van der Waals surface area contributed by atoms with Gasteiger partial charge in [0.1, 0.15) is 17.5 Å². The first-order chi connectivity index (χ1) is 16.1.